The average Bonchev–Trinajstić information content (AvgIpc) is 2.95. The van der Waals surface area contributed by atoms with Crippen LogP contribution in [-0.4, -0.2) is 12.1 Å². The third-order valence-corrected chi connectivity index (χ3v) is 4.85. The van der Waals surface area contributed by atoms with Crippen LogP contribution in [0.15, 0.2) is 41.8 Å². The van der Waals surface area contributed by atoms with Crippen molar-refractivity contribution in [1.82, 2.24) is 4.98 Å². The molecular weight excluding hydrogens is 302 g/mol. The molecule has 0 spiro atoms. The number of hydrogen-bond donors (Lipinski definition) is 0. The number of methoxy groups -OCH3 is 1. The summed E-state index contributed by atoms with van der Waals surface area (Å²) in [5.74, 6) is 0.888. The second-order valence-electron chi connectivity index (χ2n) is 5.93. The Morgan fingerprint density at radius 3 is 2.26 bits per heavy atom. The van der Waals surface area contributed by atoms with E-state index in [4.69, 9.17) is 9.72 Å². The van der Waals surface area contributed by atoms with E-state index in [1.807, 2.05) is 12.1 Å². The molecule has 0 unspecified atom stereocenters. The zero-order valence-corrected chi connectivity index (χ0v) is 14.8. The summed E-state index contributed by atoms with van der Waals surface area (Å²) >= 11 is 1.73. The molecule has 0 bridgehead atoms. The lowest BCUT2D eigenvalue weighted by Gasteiger charge is -2.08. The maximum Gasteiger partial charge on any atom is 0.118 e. The van der Waals surface area contributed by atoms with E-state index in [0.717, 1.165) is 22.9 Å². The Kier molecular flexibility index (Phi) is 4.49. The molecule has 2 nitrogen and oxygen atoms in total. The van der Waals surface area contributed by atoms with E-state index < -0.39 is 0 Å². The van der Waals surface area contributed by atoms with Gasteiger partial charge in [0.05, 0.1) is 17.8 Å². The minimum Gasteiger partial charge on any atom is -0.497 e. The van der Waals surface area contributed by atoms with Crippen molar-refractivity contribution < 1.29 is 4.74 Å². The van der Waals surface area contributed by atoms with Crippen LogP contribution < -0.4 is 4.74 Å². The average molecular weight is 323 g/mol. The van der Waals surface area contributed by atoms with Gasteiger partial charge in [-0.05, 0) is 49.6 Å². The van der Waals surface area contributed by atoms with Crippen molar-refractivity contribution in [2.45, 2.75) is 27.2 Å². The summed E-state index contributed by atoms with van der Waals surface area (Å²) in [4.78, 5) is 4.86. The van der Waals surface area contributed by atoms with E-state index in [9.17, 15) is 0 Å². The van der Waals surface area contributed by atoms with Crippen LogP contribution in [0.25, 0.3) is 11.3 Å². The van der Waals surface area contributed by atoms with Crippen molar-refractivity contribution in [3.05, 3.63) is 69.0 Å². The van der Waals surface area contributed by atoms with E-state index in [1.165, 1.54) is 27.8 Å². The zero-order valence-electron chi connectivity index (χ0n) is 14.0. The van der Waals surface area contributed by atoms with Crippen LogP contribution in [0.1, 0.15) is 27.3 Å². The maximum atomic E-state index is 5.20. The van der Waals surface area contributed by atoms with Gasteiger partial charge in [0.15, 0.2) is 0 Å². The molecule has 0 aliphatic carbocycles. The van der Waals surface area contributed by atoms with Crippen LogP contribution >= 0.6 is 11.3 Å². The van der Waals surface area contributed by atoms with Gasteiger partial charge in [-0.25, -0.2) is 4.98 Å². The molecule has 0 amide bonds. The summed E-state index contributed by atoms with van der Waals surface area (Å²) in [6, 6.07) is 12.6. The van der Waals surface area contributed by atoms with Crippen molar-refractivity contribution in [3.8, 4) is 17.0 Å². The highest BCUT2D eigenvalue weighted by Crippen LogP contribution is 2.30. The highest BCUT2D eigenvalue weighted by atomic mass is 32.1. The molecule has 0 aliphatic heterocycles. The standard InChI is InChI=1S/C20H21NOS/c1-13-9-14(2)20(15(3)10-13)18-12-23-19(21-18)11-16-5-7-17(22-4)8-6-16/h5-10,12H,11H2,1-4H3. The van der Waals surface area contributed by atoms with Gasteiger partial charge >= 0.3 is 0 Å². The quantitative estimate of drug-likeness (QED) is 0.647. The van der Waals surface area contributed by atoms with Gasteiger partial charge < -0.3 is 4.74 Å². The summed E-state index contributed by atoms with van der Waals surface area (Å²) in [7, 11) is 1.69. The second-order valence-corrected chi connectivity index (χ2v) is 6.87. The molecular formula is C20H21NOS. The molecule has 0 saturated carbocycles. The van der Waals surface area contributed by atoms with E-state index in [1.54, 1.807) is 18.4 Å². The molecule has 0 radical (unpaired) electrons. The third-order valence-electron chi connectivity index (χ3n) is 4.00. The number of thiazole rings is 1. The first-order valence-electron chi connectivity index (χ1n) is 7.72. The monoisotopic (exact) mass is 323 g/mol. The second kappa shape index (κ2) is 6.55. The predicted molar refractivity (Wildman–Crippen MR) is 97.6 cm³/mol. The fourth-order valence-electron chi connectivity index (χ4n) is 3.01. The summed E-state index contributed by atoms with van der Waals surface area (Å²) in [5.41, 5.74) is 7.51. The highest BCUT2D eigenvalue weighted by Gasteiger charge is 2.11. The molecule has 1 aromatic heterocycles. The lowest BCUT2D eigenvalue weighted by Crippen LogP contribution is -1.92. The van der Waals surface area contributed by atoms with Gasteiger partial charge in [0.2, 0.25) is 0 Å². The van der Waals surface area contributed by atoms with Crippen LogP contribution in [0, 0.1) is 20.8 Å². The number of nitrogens with zero attached hydrogens (tertiary/aromatic N) is 1. The summed E-state index contributed by atoms with van der Waals surface area (Å²) in [6.45, 7) is 6.47. The largest absolute Gasteiger partial charge is 0.497 e. The molecule has 0 N–H and O–H groups in total. The minimum atomic E-state index is 0.860. The van der Waals surface area contributed by atoms with Crippen LogP contribution in [0.2, 0.25) is 0 Å². The van der Waals surface area contributed by atoms with Crippen LogP contribution in [0.5, 0.6) is 5.75 Å². The number of ether oxygens (including phenoxy) is 1. The van der Waals surface area contributed by atoms with Crippen LogP contribution in [-0.2, 0) is 6.42 Å². The van der Waals surface area contributed by atoms with Crippen LogP contribution in [0.4, 0.5) is 0 Å². The minimum absolute atomic E-state index is 0.860. The number of hydrogen-bond acceptors (Lipinski definition) is 3. The number of aryl methyl sites for hydroxylation is 3. The first kappa shape index (κ1) is 15.8. The van der Waals surface area contributed by atoms with Gasteiger partial charge in [-0.1, -0.05) is 29.8 Å². The molecule has 0 saturated heterocycles. The van der Waals surface area contributed by atoms with E-state index in [2.05, 4.69) is 50.4 Å². The normalized spacial score (nSPS) is 10.8. The van der Waals surface area contributed by atoms with E-state index in [0.29, 0.717) is 0 Å². The van der Waals surface area contributed by atoms with Gasteiger partial charge in [0, 0.05) is 17.4 Å². The van der Waals surface area contributed by atoms with Crippen molar-refractivity contribution in [1.29, 1.82) is 0 Å². The molecule has 0 fully saturated rings. The summed E-state index contributed by atoms with van der Waals surface area (Å²) < 4.78 is 5.20. The first-order valence-corrected chi connectivity index (χ1v) is 8.60. The SMILES string of the molecule is COc1ccc(Cc2nc(-c3c(C)cc(C)cc3C)cs2)cc1. The molecule has 1 heterocycles. The Balaban J connectivity index is 1.86. The lowest BCUT2D eigenvalue weighted by molar-refractivity contribution is 0.414. The first-order chi connectivity index (χ1) is 11.1. The van der Waals surface area contributed by atoms with E-state index >= 15 is 0 Å². The zero-order chi connectivity index (χ0) is 16.4. The predicted octanol–water partition coefficient (Wildman–Crippen LogP) is 5.33. The van der Waals surface area contributed by atoms with Crippen molar-refractivity contribution in [2.75, 3.05) is 7.11 Å². The summed E-state index contributed by atoms with van der Waals surface area (Å²) in [6.07, 6.45) is 0.860. The Morgan fingerprint density at radius 1 is 1.00 bits per heavy atom. The Hall–Kier alpha value is -2.13. The molecule has 0 atom stereocenters. The van der Waals surface area contributed by atoms with E-state index in [-0.39, 0.29) is 0 Å². The van der Waals surface area contributed by atoms with Gasteiger partial charge in [-0.2, -0.15) is 0 Å². The van der Waals surface area contributed by atoms with Crippen molar-refractivity contribution >= 4 is 11.3 Å². The number of aromatic nitrogens is 1. The van der Waals surface area contributed by atoms with Gasteiger partial charge in [0.25, 0.3) is 0 Å². The number of rotatable bonds is 4. The van der Waals surface area contributed by atoms with Gasteiger partial charge in [-0.15, -0.1) is 11.3 Å². The lowest BCUT2D eigenvalue weighted by atomic mass is 9.98. The third kappa shape index (κ3) is 3.45. The fourth-order valence-corrected chi connectivity index (χ4v) is 3.83. The molecule has 3 rings (SSSR count). The Bertz CT molecular complexity index is 795. The molecule has 118 valence electrons. The smallest absolute Gasteiger partial charge is 0.118 e. The topological polar surface area (TPSA) is 22.1 Å². The van der Waals surface area contributed by atoms with Gasteiger partial charge in [0.1, 0.15) is 5.75 Å². The summed E-state index contributed by atoms with van der Waals surface area (Å²) in [5, 5.41) is 3.31. The van der Waals surface area contributed by atoms with Crippen molar-refractivity contribution in [2.24, 2.45) is 0 Å². The Morgan fingerprint density at radius 2 is 1.65 bits per heavy atom. The molecule has 3 heteroatoms. The molecule has 0 aliphatic rings. The molecule has 3 aromatic rings. The Labute approximate surface area is 141 Å². The molecule has 2 aromatic carbocycles. The van der Waals surface area contributed by atoms with Gasteiger partial charge in [-0.3, -0.25) is 0 Å². The highest BCUT2D eigenvalue weighted by molar-refractivity contribution is 7.10. The molecule has 23 heavy (non-hydrogen) atoms. The maximum absolute atomic E-state index is 5.20. The van der Waals surface area contributed by atoms with Crippen LogP contribution in [0.3, 0.4) is 0 Å². The number of benzene rings is 2. The van der Waals surface area contributed by atoms with Crippen molar-refractivity contribution in [3.63, 3.8) is 0 Å². The fraction of sp³-hybridized carbons (Fsp3) is 0.250.